The van der Waals surface area contributed by atoms with E-state index in [2.05, 4.69) is 4.90 Å². The molecule has 0 bridgehead atoms. The molecule has 1 saturated heterocycles. The topological polar surface area (TPSA) is 32.8 Å². The van der Waals surface area contributed by atoms with Crippen LogP contribution >= 0.6 is 11.6 Å². The molecule has 1 aliphatic rings. The Morgan fingerprint density at radius 1 is 1.03 bits per heavy atom. The highest BCUT2D eigenvalue weighted by atomic mass is 35.5. The summed E-state index contributed by atoms with van der Waals surface area (Å²) >= 11 is 6.33. The van der Waals surface area contributed by atoms with Crippen LogP contribution in [0.3, 0.4) is 0 Å². The lowest BCUT2D eigenvalue weighted by Crippen LogP contribution is -2.47. The molecule has 166 valence electrons. The summed E-state index contributed by atoms with van der Waals surface area (Å²) in [5, 5.41) is 0.772. The van der Waals surface area contributed by atoms with Gasteiger partial charge in [0.1, 0.15) is 11.6 Å². The van der Waals surface area contributed by atoms with Gasteiger partial charge in [-0.25, -0.2) is 4.39 Å². The summed E-state index contributed by atoms with van der Waals surface area (Å²) in [6.07, 6.45) is 1.62. The Morgan fingerprint density at radius 3 is 2.38 bits per heavy atom. The summed E-state index contributed by atoms with van der Waals surface area (Å²) in [7, 11) is 1.56. The summed E-state index contributed by atoms with van der Waals surface area (Å²) < 4.78 is 19.0. The van der Waals surface area contributed by atoms with Crippen LogP contribution in [0.25, 0.3) is 0 Å². The van der Waals surface area contributed by atoms with Gasteiger partial charge in [0.25, 0.3) is 5.91 Å². The summed E-state index contributed by atoms with van der Waals surface area (Å²) in [4.78, 5) is 17.8. The maximum Gasteiger partial charge on any atom is 0.262 e. The van der Waals surface area contributed by atoms with E-state index in [4.69, 9.17) is 16.3 Å². The van der Waals surface area contributed by atoms with E-state index in [1.54, 1.807) is 36.3 Å². The molecule has 0 aromatic heterocycles. The van der Waals surface area contributed by atoms with Crippen LogP contribution in [0.4, 0.5) is 10.1 Å². The molecule has 0 unspecified atom stereocenters. The second kappa shape index (κ2) is 10.2. The monoisotopic (exact) mass is 452 g/mol. The molecule has 3 aromatic carbocycles. The van der Waals surface area contributed by atoms with Gasteiger partial charge in [-0.2, -0.15) is 0 Å². The molecule has 1 amide bonds. The standard InChI is InChI=1S/C26H26ClFN2O2/c1-32-25-9-5-3-7-23(25)26(31)30(21-12-10-20(28)11-13-21)22-14-16-29(17-15-22)18-19-6-2-4-8-24(19)27/h2-13,22H,14-18H2,1H3. The van der Waals surface area contributed by atoms with Crippen molar-refractivity contribution < 1.29 is 13.9 Å². The van der Waals surface area contributed by atoms with E-state index >= 15 is 0 Å². The van der Waals surface area contributed by atoms with Gasteiger partial charge in [-0.05, 0) is 60.9 Å². The maximum absolute atomic E-state index is 13.6. The predicted molar refractivity (Wildman–Crippen MR) is 126 cm³/mol. The Bertz CT molecular complexity index is 1070. The molecular weight excluding hydrogens is 427 g/mol. The smallest absolute Gasteiger partial charge is 0.262 e. The van der Waals surface area contributed by atoms with Crippen LogP contribution in [0.5, 0.6) is 5.75 Å². The van der Waals surface area contributed by atoms with Crippen LogP contribution in [0.15, 0.2) is 72.8 Å². The molecule has 1 heterocycles. The molecule has 0 spiro atoms. The van der Waals surface area contributed by atoms with Gasteiger partial charge in [0.15, 0.2) is 0 Å². The number of nitrogens with zero attached hydrogens (tertiary/aromatic N) is 2. The van der Waals surface area contributed by atoms with E-state index in [0.29, 0.717) is 17.0 Å². The highest BCUT2D eigenvalue weighted by Crippen LogP contribution is 2.30. The number of ether oxygens (including phenoxy) is 1. The second-order valence-electron chi connectivity index (χ2n) is 7.95. The van der Waals surface area contributed by atoms with E-state index in [0.717, 1.165) is 43.1 Å². The van der Waals surface area contributed by atoms with Crippen molar-refractivity contribution >= 4 is 23.2 Å². The van der Waals surface area contributed by atoms with Crippen molar-refractivity contribution in [2.75, 3.05) is 25.1 Å². The summed E-state index contributed by atoms with van der Waals surface area (Å²) in [5.74, 6) is 0.0624. The van der Waals surface area contributed by atoms with Gasteiger partial charge in [0.2, 0.25) is 0 Å². The third-order valence-electron chi connectivity index (χ3n) is 5.94. The number of likely N-dealkylation sites (tertiary alicyclic amines) is 1. The molecule has 0 radical (unpaired) electrons. The Morgan fingerprint density at radius 2 is 1.69 bits per heavy atom. The van der Waals surface area contributed by atoms with Crippen LogP contribution in [0.1, 0.15) is 28.8 Å². The minimum Gasteiger partial charge on any atom is -0.496 e. The maximum atomic E-state index is 13.6. The predicted octanol–water partition coefficient (Wildman–Crippen LogP) is 5.80. The van der Waals surface area contributed by atoms with Crippen LogP contribution in [-0.4, -0.2) is 37.0 Å². The zero-order valence-electron chi connectivity index (χ0n) is 18.0. The van der Waals surface area contributed by atoms with E-state index in [1.807, 2.05) is 36.4 Å². The minimum atomic E-state index is -0.326. The molecule has 4 nitrogen and oxygen atoms in total. The van der Waals surface area contributed by atoms with Gasteiger partial charge in [-0.3, -0.25) is 9.69 Å². The number of para-hydroxylation sites is 1. The molecule has 0 N–H and O–H groups in total. The van der Waals surface area contributed by atoms with Crippen molar-refractivity contribution in [3.8, 4) is 5.75 Å². The van der Waals surface area contributed by atoms with Gasteiger partial charge in [0, 0.05) is 36.4 Å². The van der Waals surface area contributed by atoms with Gasteiger partial charge in [-0.1, -0.05) is 41.9 Å². The lowest BCUT2D eigenvalue weighted by Gasteiger charge is -2.39. The number of amides is 1. The molecule has 32 heavy (non-hydrogen) atoms. The number of benzene rings is 3. The average molecular weight is 453 g/mol. The number of hydrogen-bond donors (Lipinski definition) is 0. The van der Waals surface area contributed by atoms with Crippen molar-refractivity contribution in [3.63, 3.8) is 0 Å². The molecule has 4 rings (SSSR count). The van der Waals surface area contributed by atoms with Crippen molar-refractivity contribution in [1.82, 2.24) is 4.90 Å². The zero-order valence-corrected chi connectivity index (χ0v) is 18.8. The fraction of sp³-hybridized carbons (Fsp3) is 0.269. The Balaban J connectivity index is 1.55. The quantitative estimate of drug-likeness (QED) is 0.474. The largest absolute Gasteiger partial charge is 0.496 e. The molecule has 6 heteroatoms. The number of anilines is 1. The summed E-state index contributed by atoms with van der Waals surface area (Å²) in [6, 6.07) is 21.2. The summed E-state index contributed by atoms with van der Waals surface area (Å²) in [6.45, 7) is 2.46. The SMILES string of the molecule is COc1ccccc1C(=O)N(c1ccc(F)cc1)C1CCN(Cc2ccccc2Cl)CC1. The van der Waals surface area contributed by atoms with Crippen LogP contribution < -0.4 is 9.64 Å². The Kier molecular flexibility index (Phi) is 7.08. The number of carbonyl (C=O) groups is 1. The van der Waals surface area contributed by atoms with E-state index in [1.165, 1.54) is 12.1 Å². The number of hydrogen-bond acceptors (Lipinski definition) is 3. The van der Waals surface area contributed by atoms with Crippen molar-refractivity contribution in [1.29, 1.82) is 0 Å². The van der Waals surface area contributed by atoms with Crippen molar-refractivity contribution in [2.24, 2.45) is 0 Å². The van der Waals surface area contributed by atoms with Gasteiger partial charge in [-0.15, -0.1) is 0 Å². The molecule has 3 aromatic rings. The lowest BCUT2D eigenvalue weighted by molar-refractivity contribution is 0.0955. The van der Waals surface area contributed by atoms with Crippen LogP contribution in [0.2, 0.25) is 5.02 Å². The Hall–Kier alpha value is -2.89. The Labute approximate surface area is 193 Å². The van der Waals surface area contributed by atoms with E-state index in [9.17, 15) is 9.18 Å². The second-order valence-corrected chi connectivity index (χ2v) is 8.36. The zero-order chi connectivity index (χ0) is 22.5. The normalized spacial score (nSPS) is 14.8. The fourth-order valence-corrected chi connectivity index (χ4v) is 4.45. The molecule has 0 saturated carbocycles. The first kappa shape index (κ1) is 22.3. The number of carbonyl (C=O) groups excluding carboxylic acids is 1. The van der Waals surface area contributed by atoms with Crippen molar-refractivity contribution in [2.45, 2.75) is 25.4 Å². The highest BCUT2D eigenvalue weighted by molar-refractivity contribution is 6.31. The fourth-order valence-electron chi connectivity index (χ4n) is 4.25. The molecule has 1 aliphatic heterocycles. The number of halogens is 2. The molecular formula is C26H26ClFN2O2. The van der Waals surface area contributed by atoms with Gasteiger partial charge in [0.05, 0.1) is 12.7 Å². The summed E-state index contributed by atoms with van der Waals surface area (Å²) in [5.41, 5.74) is 2.29. The third-order valence-corrected chi connectivity index (χ3v) is 6.30. The van der Waals surface area contributed by atoms with Gasteiger partial charge < -0.3 is 9.64 Å². The van der Waals surface area contributed by atoms with Gasteiger partial charge >= 0.3 is 0 Å². The molecule has 0 aliphatic carbocycles. The minimum absolute atomic E-state index is 0.000341. The lowest BCUT2D eigenvalue weighted by atomic mass is 10.00. The number of piperidine rings is 1. The van der Waals surface area contributed by atoms with E-state index in [-0.39, 0.29) is 17.8 Å². The highest BCUT2D eigenvalue weighted by Gasteiger charge is 2.31. The first-order valence-corrected chi connectivity index (χ1v) is 11.1. The van der Waals surface area contributed by atoms with Crippen LogP contribution in [-0.2, 0) is 6.54 Å². The molecule has 1 fully saturated rings. The van der Waals surface area contributed by atoms with E-state index < -0.39 is 0 Å². The number of rotatable bonds is 6. The first-order chi connectivity index (χ1) is 15.6. The van der Waals surface area contributed by atoms with Crippen molar-refractivity contribution in [3.05, 3.63) is 94.8 Å². The first-order valence-electron chi connectivity index (χ1n) is 10.7. The number of methoxy groups -OCH3 is 1. The average Bonchev–Trinajstić information content (AvgIpc) is 2.83. The molecule has 0 atom stereocenters. The van der Waals surface area contributed by atoms with Crippen LogP contribution in [0, 0.1) is 5.82 Å². The third kappa shape index (κ3) is 4.95.